The SMILES string of the molecule is Cc1cnnc(NCCC(C)Cl)c1. The fraction of sp³-hybridized carbons (Fsp3) is 0.556. The van der Waals surface area contributed by atoms with Gasteiger partial charge in [0.05, 0.1) is 6.20 Å². The molecule has 1 rings (SSSR count). The summed E-state index contributed by atoms with van der Waals surface area (Å²) in [5, 5.41) is 11.1. The molecule has 4 heteroatoms. The maximum Gasteiger partial charge on any atom is 0.148 e. The van der Waals surface area contributed by atoms with Gasteiger partial charge >= 0.3 is 0 Å². The molecule has 1 atom stereocenters. The molecular weight excluding hydrogens is 186 g/mol. The average Bonchev–Trinajstić information content (AvgIpc) is 2.03. The summed E-state index contributed by atoms with van der Waals surface area (Å²) in [5.41, 5.74) is 1.11. The van der Waals surface area contributed by atoms with E-state index in [-0.39, 0.29) is 5.38 Å². The number of aryl methyl sites for hydroxylation is 1. The number of aromatic nitrogens is 2. The first-order valence-corrected chi connectivity index (χ1v) is 4.79. The van der Waals surface area contributed by atoms with E-state index in [0.717, 1.165) is 24.3 Å². The van der Waals surface area contributed by atoms with Crippen LogP contribution in [0, 0.1) is 6.92 Å². The molecule has 0 aromatic carbocycles. The van der Waals surface area contributed by atoms with E-state index in [2.05, 4.69) is 15.5 Å². The van der Waals surface area contributed by atoms with Gasteiger partial charge in [0, 0.05) is 11.9 Å². The van der Waals surface area contributed by atoms with E-state index in [1.807, 2.05) is 19.9 Å². The Morgan fingerprint density at radius 3 is 3.00 bits per heavy atom. The second-order valence-corrected chi connectivity index (χ2v) is 3.86. The van der Waals surface area contributed by atoms with Crippen molar-refractivity contribution in [3.8, 4) is 0 Å². The van der Waals surface area contributed by atoms with Gasteiger partial charge in [-0.2, -0.15) is 5.10 Å². The third kappa shape index (κ3) is 4.08. The molecule has 13 heavy (non-hydrogen) atoms. The zero-order valence-corrected chi connectivity index (χ0v) is 8.67. The van der Waals surface area contributed by atoms with Crippen molar-refractivity contribution in [3.05, 3.63) is 17.8 Å². The quantitative estimate of drug-likeness (QED) is 0.756. The van der Waals surface area contributed by atoms with E-state index in [4.69, 9.17) is 11.6 Å². The molecule has 0 aliphatic heterocycles. The van der Waals surface area contributed by atoms with Crippen LogP contribution in [0.3, 0.4) is 0 Å². The van der Waals surface area contributed by atoms with Crippen molar-refractivity contribution in [1.82, 2.24) is 10.2 Å². The maximum absolute atomic E-state index is 5.80. The van der Waals surface area contributed by atoms with Crippen molar-refractivity contribution >= 4 is 17.4 Å². The van der Waals surface area contributed by atoms with E-state index < -0.39 is 0 Å². The largest absolute Gasteiger partial charge is 0.369 e. The summed E-state index contributed by atoms with van der Waals surface area (Å²) in [6, 6.07) is 1.96. The molecule has 1 heterocycles. The second kappa shape index (κ2) is 5.02. The van der Waals surface area contributed by atoms with Gasteiger partial charge in [0.15, 0.2) is 0 Å². The molecule has 0 bridgehead atoms. The number of hydrogen-bond donors (Lipinski definition) is 1. The topological polar surface area (TPSA) is 37.8 Å². The van der Waals surface area contributed by atoms with Crippen LogP contribution in [0.2, 0.25) is 0 Å². The summed E-state index contributed by atoms with van der Waals surface area (Å²) in [6.45, 7) is 4.80. The Morgan fingerprint density at radius 1 is 1.62 bits per heavy atom. The zero-order valence-electron chi connectivity index (χ0n) is 7.92. The summed E-state index contributed by atoms with van der Waals surface area (Å²) in [7, 11) is 0. The molecular formula is C9H14ClN3. The minimum atomic E-state index is 0.199. The Bertz CT molecular complexity index is 263. The van der Waals surface area contributed by atoms with E-state index in [9.17, 15) is 0 Å². The fourth-order valence-electron chi connectivity index (χ4n) is 0.949. The monoisotopic (exact) mass is 199 g/mol. The van der Waals surface area contributed by atoms with Crippen molar-refractivity contribution in [2.45, 2.75) is 25.6 Å². The van der Waals surface area contributed by atoms with Crippen LogP contribution in [-0.4, -0.2) is 22.1 Å². The van der Waals surface area contributed by atoms with Gasteiger partial charge in [0.1, 0.15) is 5.82 Å². The molecule has 0 amide bonds. The summed E-state index contributed by atoms with van der Waals surface area (Å²) < 4.78 is 0. The Kier molecular flexibility index (Phi) is 3.96. The smallest absolute Gasteiger partial charge is 0.148 e. The lowest BCUT2D eigenvalue weighted by molar-refractivity contribution is 0.834. The first-order valence-electron chi connectivity index (χ1n) is 4.36. The summed E-state index contributed by atoms with van der Waals surface area (Å²) in [5.74, 6) is 0.817. The molecule has 0 saturated carbocycles. The highest BCUT2D eigenvalue weighted by Crippen LogP contribution is 2.05. The van der Waals surface area contributed by atoms with E-state index >= 15 is 0 Å². The second-order valence-electron chi connectivity index (χ2n) is 3.11. The lowest BCUT2D eigenvalue weighted by Crippen LogP contribution is -2.07. The van der Waals surface area contributed by atoms with Crippen LogP contribution in [0.4, 0.5) is 5.82 Å². The molecule has 0 aliphatic carbocycles. The third-order valence-electron chi connectivity index (χ3n) is 1.64. The molecule has 1 unspecified atom stereocenters. The summed E-state index contributed by atoms with van der Waals surface area (Å²) >= 11 is 5.80. The number of hydrogen-bond acceptors (Lipinski definition) is 3. The van der Waals surface area contributed by atoms with Gasteiger partial charge in [-0.25, -0.2) is 0 Å². The van der Waals surface area contributed by atoms with Crippen LogP contribution in [0.15, 0.2) is 12.3 Å². The third-order valence-corrected chi connectivity index (χ3v) is 1.86. The number of alkyl halides is 1. The molecule has 0 radical (unpaired) electrons. The fourth-order valence-corrected chi connectivity index (χ4v) is 1.06. The highest BCUT2D eigenvalue weighted by Gasteiger charge is 1.97. The number of nitrogens with zero attached hydrogens (tertiary/aromatic N) is 2. The van der Waals surface area contributed by atoms with E-state index in [1.165, 1.54) is 0 Å². The average molecular weight is 200 g/mol. The standard InChI is InChI=1S/C9H14ClN3/c1-7-5-9(13-12-6-7)11-4-3-8(2)10/h5-6,8H,3-4H2,1-2H3,(H,11,13). The summed E-state index contributed by atoms with van der Waals surface area (Å²) in [6.07, 6.45) is 2.66. The number of anilines is 1. The zero-order chi connectivity index (χ0) is 9.68. The van der Waals surface area contributed by atoms with Crippen molar-refractivity contribution < 1.29 is 0 Å². The summed E-state index contributed by atoms with van der Waals surface area (Å²) in [4.78, 5) is 0. The minimum Gasteiger partial charge on any atom is -0.369 e. The van der Waals surface area contributed by atoms with Crippen LogP contribution in [0.1, 0.15) is 18.9 Å². The van der Waals surface area contributed by atoms with Crippen LogP contribution >= 0.6 is 11.6 Å². The van der Waals surface area contributed by atoms with Crippen LogP contribution < -0.4 is 5.32 Å². The van der Waals surface area contributed by atoms with Gasteiger partial charge in [-0.05, 0) is 31.9 Å². The van der Waals surface area contributed by atoms with Crippen molar-refractivity contribution in [1.29, 1.82) is 0 Å². The van der Waals surface area contributed by atoms with Crippen molar-refractivity contribution in [3.63, 3.8) is 0 Å². The predicted molar refractivity (Wildman–Crippen MR) is 55.2 cm³/mol. The van der Waals surface area contributed by atoms with E-state index in [0.29, 0.717) is 0 Å². The first kappa shape index (κ1) is 10.3. The minimum absolute atomic E-state index is 0.199. The van der Waals surface area contributed by atoms with Crippen LogP contribution in [0.25, 0.3) is 0 Å². The first-order chi connectivity index (χ1) is 6.18. The molecule has 1 aromatic rings. The Morgan fingerprint density at radius 2 is 2.38 bits per heavy atom. The number of rotatable bonds is 4. The molecule has 3 nitrogen and oxygen atoms in total. The lowest BCUT2D eigenvalue weighted by atomic mass is 10.3. The van der Waals surface area contributed by atoms with E-state index in [1.54, 1.807) is 6.20 Å². The highest BCUT2D eigenvalue weighted by atomic mass is 35.5. The molecule has 0 saturated heterocycles. The normalized spacial score (nSPS) is 12.5. The van der Waals surface area contributed by atoms with Crippen LogP contribution in [-0.2, 0) is 0 Å². The maximum atomic E-state index is 5.80. The van der Waals surface area contributed by atoms with Gasteiger partial charge in [0.25, 0.3) is 0 Å². The van der Waals surface area contributed by atoms with Gasteiger partial charge < -0.3 is 5.32 Å². The lowest BCUT2D eigenvalue weighted by Gasteiger charge is -2.05. The Labute approximate surface area is 83.5 Å². The number of halogens is 1. The van der Waals surface area contributed by atoms with Crippen molar-refractivity contribution in [2.24, 2.45) is 0 Å². The van der Waals surface area contributed by atoms with Gasteiger partial charge in [0.2, 0.25) is 0 Å². The van der Waals surface area contributed by atoms with Crippen LogP contribution in [0.5, 0.6) is 0 Å². The van der Waals surface area contributed by atoms with Crippen molar-refractivity contribution in [2.75, 3.05) is 11.9 Å². The molecule has 0 aliphatic rings. The predicted octanol–water partition coefficient (Wildman–Crippen LogP) is 2.21. The molecule has 72 valence electrons. The Balaban J connectivity index is 2.37. The highest BCUT2D eigenvalue weighted by molar-refractivity contribution is 6.20. The van der Waals surface area contributed by atoms with Gasteiger partial charge in [-0.1, -0.05) is 0 Å². The Hall–Kier alpha value is -0.830. The molecule has 1 N–H and O–H groups in total. The van der Waals surface area contributed by atoms with Gasteiger partial charge in [-0.3, -0.25) is 0 Å². The number of nitrogens with one attached hydrogen (secondary N) is 1. The van der Waals surface area contributed by atoms with Gasteiger partial charge in [-0.15, -0.1) is 16.7 Å². The molecule has 1 aromatic heterocycles. The molecule has 0 fully saturated rings. The molecule has 0 spiro atoms.